The summed E-state index contributed by atoms with van der Waals surface area (Å²) in [6.45, 7) is 3.26. The van der Waals surface area contributed by atoms with Crippen LogP contribution in [0.5, 0.6) is 11.5 Å². The van der Waals surface area contributed by atoms with E-state index >= 15 is 0 Å². The van der Waals surface area contributed by atoms with Gasteiger partial charge in [0.05, 0.1) is 19.8 Å². The van der Waals surface area contributed by atoms with Gasteiger partial charge in [0.2, 0.25) is 5.91 Å². The fraction of sp³-hybridized carbons (Fsp3) is 0.435. The van der Waals surface area contributed by atoms with E-state index in [-0.39, 0.29) is 11.9 Å². The summed E-state index contributed by atoms with van der Waals surface area (Å²) in [6, 6.07) is 14.1. The highest BCUT2D eigenvalue weighted by atomic mass is 35.5. The maximum atomic E-state index is 12.8. The normalized spacial score (nSPS) is 19.0. The average molecular weight is 415 g/mol. The van der Waals surface area contributed by atoms with E-state index in [9.17, 15) is 4.79 Å². The molecule has 0 spiro atoms. The van der Waals surface area contributed by atoms with Crippen LogP contribution in [-0.2, 0) is 11.3 Å². The van der Waals surface area contributed by atoms with Crippen LogP contribution in [0.3, 0.4) is 0 Å². The summed E-state index contributed by atoms with van der Waals surface area (Å²) >= 11 is 6.06. The van der Waals surface area contributed by atoms with E-state index in [1.165, 1.54) is 5.56 Å². The number of nitrogens with zero attached hydrogens (tertiary/aromatic N) is 2. The van der Waals surface area contributed by atoms with E-state index in [2.05, 4.69) is 17.0 Å². The third kappa shape index (κ3) is 4.85. The van der Waals surface area contributed by atoms with Gasteiger partial charge in [0.1, 0.15) is 0 Å². The van der Waals surface area contributed by atoms with Gasteiger partial charge in [-0.3, -0.25) is 9.69 Å². The van der Waals surface area contributed by atoms with Gasteiger partial charge in [-0.1, -0.05) is 29.8 Å². The number of likely N-dealkylation sites (tertiary alicyclic amines) is 1. The largest absolute Gasteiger partial charge is 0.490 e. The maximum absolute atomic E-state index is 12.8. The van der Waals surface area contributed by atoms with Crippen LogP contribution in [0.4, 0.5) is 0 Å². The first-order valence-electron chi connectivity index (χ1n) is 10.2. The van der Waals surface area contributed by atoms with Crippen molar-refractivity contribution in [2.45, 2.75) is 31.8 Å². The second-order valence-electron chi connectivity index (χ2n) is 7.76. The molecule has 2 heterocycles. The minimum Gasteiger partial charge on any atom is -0.490 e. The van der Waals surface area contributed by atoms with Gasteiger partial charge in [0.15, 0.2) is 11.5 Å². The summed E-state index contributed by atoms with van der Waals surface area (Å²) in [6.07, 6.45) is 3.03. The monoisotopic (exact) mass is 414 g/mol. The topological polar surface area (TPSA) is 42.0 Å². The summed E-state index contributed by atoms with van der Waals surface area (Å²) in [5.41, 5.74) is 2.23. The molecule has 29 heavy (non-hydrogen) atoms. The van der Waals surface area contributed by atoms with Crippen molar-refractivity contribution in [3.05, 3.63) is 58.6 Å². The van der Waals surface area contributed by atoms with Crippen LogP contribution in [0.25, 0.3) is 0 Å². The minimum absolute atomic E-state index is 0.117. The Morgan fingerprint density at radius 1 is 1.14 bits per heavy atom. The zero-order valence-electron chi connectivity index (χ0n) is 16.8. The highest BCUT2D eigenvalue weighted by Crippen LogP contribution is 2.37. The lowest BCUT2D eigenvalue weighted by atomic mass is 10.0. The minimum atomic E-state index is 0.117. The standard InChI is InChI=1S/C23H27ClN2O3/c1-25(15-17-5-2-6-19(24)13-17)23(27)16-26-10-3-7-20(26)18-8-9-21-22(14-18)29-12-4-11-28-21/h2,5-6,8-9,13-14,20H,3-4,7,10-12,15-16H2,1H3/t20-/m1/s1. The Balaban J connectivity index is 1.42. The molecule has 1 amide bonds. The number of rotatable bonds is 5. The second kappa shape index (κ2) is 9.06. The summed E-state index contributed by atoms with van der Waals surface area (Å²) in [4.78, 5) is 16.9. The Morgan fingerprint density at radius 2 is 1.97 bits per heavy atom. The lowest BCUT2D eigenvalue weighted by Crippen LogP contribution is -2.37. The molecule has 154 valence electrons. The predicted molar refractivity (Wildman–Crippen MR) is 114 cm³/mol. The molecule has 2 aliphatic rings. The van der Waals surface area contributed by atoms with E-state index in [1.54, 1.807) is 4.90 Å². The molecule has 2 aliphatic heterocycles. The first kappa shape index (κ1) is 20.0. The molecule has 0 aliphatic carbocycles. The number of amides is 1. The van der Waals surface area contributed by atoms with Gasteiger partial charge >= 0.3 is 0 Å². The Morgan fingerprint density at radius 3 is 2.79 bits per heavy atom. The van der Waals surface area contributed by atoms with E-state index in [0.717, 1.165) is 42.9 Å². The third-order valence-corrected chi connectivity index (χ3v) is 5.83. The Hall–Kier alpha value is -2.24. The van der Waals surface area contributed by atoms with Gasteiger partial charge in [0, 0.05) is 31.1 Å². The predicted octanol–water partition coefficient (Wildman–Crippen LogP) is 4.30. The molecule has 0 saturated carbocycles. The molecule has 0 bridgehead atoms. The Kier molecular flexibility index (Phi) is 6.26. The molecule has 1 atom stereocenters. The molecule has 0 aromatic heterocycles. The van der Waals surface area contributed by atoms with Crippen LogP contribution in [0.15, 0.2) is 42.5 Å². The molecular weight excluding hydrogens is 388 g/mol. The Labute approximate surface area is 177 Å². The summed E-state index contributed by atoms with van der Waals surface area (Å²) in [5.74, 6) is 1.75. The van der Waals surface area contributed by atoms with Crippen LogP contribution in [0.2, 0.25) is 5.02 Å². The molecule has 0 radical (unpaired) electrons. The summed E-state index contributed by atoms with van der Waals surface area (Å²) in [7, 11) is 1.85. The summed E-state index contributed by atoms with van der Waals surface area (Å²) < 4.78 is 11.6. The van der Waals surface area contributed by atoms with Gasteiger partial charge < -0.3 is 14.4 Å². The van der Waals surface area contributed by atoms with Crippen molar-refractivity contribution in [1.82, 2.24) is 9.80 Å². The number of carbonyl (C=O) groups is 1. The molecule has 1 saturated heterocycles. The molecule has 4 rings (SSSR count). The fourth-order valence-corrected chi connectivity index (χ4v) is 4.28. The van der Waals surface area contributed by atoms with Gasteiger partial charge in [-0.15, -0.1) is 0 Å². The first-order chi connectivity index (χ1) is 14.1. The smallest absolute Gasteiger partial charge is 0.236 e. The van der Waals surface area contributed by atoms with E-state index in [1.807, 2.05) is 37.4 Å². The molecule has 0 N–H and O–H groups in total. The van der Waals surface area contributed by atoms with Crippen molar-refractivity contribution in [2.24, 2.45) is 0 Å². The zero-order valence-corrected chi connectivity index (χ0v) is 17.5. The molecular formula is C23H27ClN2O3. The first-order valence-corrected chi connectivity index (χ1v) is 10.6. The van der Waals surface area contributed by atoms with Crippen molar-refractivity contribution < 1.29 is 14.3 Å². The van der Waals surface area contributed by atoms with Crippen molar-refractivity contribution in [3.63, 3.8) is 0 Å². The van der Waals surface area contributed by atoms with Crippen LogP contribution < -0.4 is 9.47 Å². The molecule has 2 aromatic rings. The molecule has 2 aromatic carbocycles. The lowest BCUT2D eigenvalue weighted by molar-refractivity contribution is -0.131. The number of halogens is 1. The number of ether oxygens (including phenoxy) is 2. The summed E-state index contributed by atoms with van der Waals surface area (Å²) in [5, 5.41) is 0.692. The van der Waals surface area contributed by atoms with Crippen LogP contribution in [0, 0.1) is 0 Å². The van der Waals surface area contributed by atoms with Crippen LogP contribution >= 0.6 is 11.6 Å². The maximum Gasteiger partial charge on any atom is 0.236 e. The lowest BCUT2D eigenvalue weighted by Gasteiger charge is -2.27. The van der Waals surface area contributed by atoms with Gasteiger partial charge in [-0.25, -0.2) is 0 Å². The van der Waals surface area contributed by atoms with E-state index in [4.69, 9.17) is 21.1 Å². The molecule has 1 fully saturated rings. The number of likely N-dealkylation sites (N-methyl/N-ethyl adjacent to an activating group) is 1. The number of fused-ring (bicyclic) bond motifs is 1. The number of benzene rings is 2. The van der Waals surface area contributed by atoms with Gasteiger partial charge in [-0.2, -0.15) is 0 Å². The van der Waals surface area contributed by atoms with Gasteiger partial charge in [-0.05, 0) is 54.8 Å². The van der Waals surface area contributed by atoms with Gasteiger partial charge in [0.25, 0.3) is 0 Å². The van der Waals surface area contributed by atoms with Crippen molar-refractivity contribution in [2.75, 3.05) is 33.4 Å². The molecule has 0 unspecified atom stereocenters. The molecule has 6 heteroatoms. The fourth-order valence-electron chi connectivity index (χ4n) is 4.07. The number of hydrogen-bond acceptors (Lipinski definition) is 4. The number of carbonyl (C=O) groups excluding carboxylic acids is 1. The zero-order chi connectivity index (χ0) is 20.2. The average Bonchev–Trinajstić information content (AvgIpc) is 3.03. The highest BCUT2D eigenvalue weighted by Gasteiger charge is 2.29. The van der Waals surface area contributed by atoms with E-state index < -0.39 is 0 Å². The Bertz CT molecular complexity index is 873. The quantitative estimate of drug-likeness (QED) is 0.731. The number of hydrogen-bond donors (Lipinski definition) is 0. The van der Waals surface area contributed by atoms with Crippen molar-refractivity contribution in [3.8, 4) is 11.5 Å². The van der Waals surface area contributed by atoms with E-state index in [0.29, 0.717) is 31.3 Å². The van der Waals surface area contributed by atoms with Crippen molar-refractivity contribution >= 4 is 17.5 Å². The van der Waals surface area contributed by atoms with Crippen molar-refractivity contribution in [1.29, 1.82) is 0 Å². The van der Waals surface area contributed by atoms with Crippen LogP contribution in [0.1, 0.15) is 36.4 Å². The highest BCUT2D eigenvalue weighted by molar-refractivity contribution is 6.30. The van der Waals surface area contributed by atoms with Crippen LogP contribution in [-0.4, -0.2) is 49.1 Å². The SMILES string of the molecule is CN(Cc1cccc(Cl)c1)C(=O)CN1CCC[C@@H]1c1ccc2c(c1)OCCCO2. The second-order valence-corrected chi connectivity index (χ2v) is 8.20. The molecule has 5 nitrogen and oxygen atoms in total. The third-order valence-electron chi connectivity index (χ3n) is 5.59.